The van der Waals surface area contributed by atoms with Gasteiger partial charge < -0.3 is 9.80 Å². The number of rotatable bonds is 3. The van der Waals surface area contributed by atoms with E-state index in [9.17, 15) is 9.59 Å². The third kappa shape index (κ3) is 3.38. The molecule has 6 heteroatoms. The Balaban J connectivity index is 1.84. The van der Waals surface area contributed by atoms with E-state index in [2.05, 4.69) is 24.1 Å². The topological polar surface area (TPSA) is 45.6 Å². The van der Waals surface area contributed by atoms with Gasteiger partial charge in [-0.15, -0.1) is 0 Å². The molecular weight excluding hydrogens is 310 g/mol. The summed E-state index contributed by atoms with van der Waals surface area (Å²) in [6, 6.07) is 10.1. The molecule has 1 aromatic heterocycles. The average Bonchev–Trinajstić information content (AvgIpc) is 2.87. The molecule has 0 unspecified atom stereocenters. The highest BCUT2D eigenvalue weighted by Crippen LogP contribution is 2.25. The van der Waals surface area contributed by atoms with E-state index in [1.54, 1.807) is 9.95 Å². The van der Waals surface area contributed by atoms with Crippen molar-refractivity contribution < 1.29 is 4.79 Å². The van der Waals surface area contributed by atoms with Gasteiger partial charge in [-0.05, 0) is 19.5 Å². The number of piperazine rings is 1. The second kappa shape index (κ2) is 6.68. The summed E-state index contributed by atoms with van der Waals surface area (Å²) >= 11 is 1.15. The van der Waals surface area contributed by atoms with Crippen molar-refractivity contribution in [3.63, 3.8) is 0 Å². The van der Waals surface area contributed by atoms with Crippen LogP contribution in [0, 0.1) is 6.92 Å². The van der Waals surface area contributed by atoms with Gasteiger partial charge in [-0.2, -0.15) is 0 Å². The first kappa shape index (κ1) is 16.0. The Morgan fingerprint density at radius 2 is 2.00 bits per heavy atom. The summed E-state index contributed by atoms with van der Waals surface area (Å²) in [7, 11) is 2.07. The number of benzene rings is 1. The minimum absolute atomic E-state index is 0.00977. The molecule has 0 radical (unpaired) electrons. The lowest BCUT2D eigenvalue weighted by atomic mass is 10.0. The lowest BCUT2D eigenvalue weighted by Gasteiger charge is -2.40. The van der Waals surface area contributed by atoms with Crippen LogP contribution in [-0.4, -0.2) is 47.0 Å². The van der Waals surface area contributed by atoms with E-state index in [1.807, 2.05) is 30.0 Å². The standard InChI is InChI=1S/C17H21N3O2S/c1-13-12-23-17(22)20(13)11-16(21)19-9-8-18(2)10-15(19)14-6-4-3-5-7-14/h3-7,12,15H,8-11H2,1-2H3/t15-/m0/s1. The van der Waals surface area contributed by atoms with Crippen LogP contribution in [0.25, 0.3) is 0 Å². The van der Waals surface area contributed by atoms with Crippen LogP contribution >= 0.6 is 11.3 Å². The molecule has 1 fully saturated rings. The van der Waals surface area contributed by atoms with Crippen LogP contribution < -0.4 is 4.87 Å². The lowest BCUT2D eigenvalue weighted by molar-refractivity contribution is -0.136. The SMILES string of the molecule is Cc1csc(=O)n1CC(=O)N1CCN(C)C[C@H]1c1ccccc1. The normalized spacial score (nSPS) is 19.0. The van der Waals surface area contributed by atoms with Crippen molar-refractivity contribution in [2.75, 3.05) is 26.7 Å². The molecule has 1 aliphatic rings. The van der Waals surface area contributed by atoms with Gasteiger partial charge in [0, 0.05) is 30.7 Å². The first-order valence-electron chi connectivity index (χ1n) is 7.74. The van der Waals surface area contributed by atoms with E-state index in [4.69, 9.17) is 0 Å². The molecule has 0 bridgehead atoms. The fraction of sp³-hybridized carbons (Fsp3) is 0.412. The molecule has 2 heterocycles. The molecule has 0 saturated carbocycles. The van der Waals surface area contributed by atoms with Crippen molar-refractivity contribution in [3.8, 4) is 0 Å². The van der Waals surface area contributed by atoms with E-state index in [0.29, 0.717) is 6.54 Å². The Morgan fingerprint density at radius 1 is 1.26 bits per heavy atom. The zero-order valence-corrected chi connectivity index (χ0v) is 14.3. The van der Waals surface area contributed by atoms with Gasteiger partial charge in [0.05, 0.1) is 6.04 Å². The van der Waals surface area contributed by atoms with Crippen molar-refractivity contribution in [2.45, 2.75) is 19.5 Å². The molecule has 1 aromatic carbocycles. The van der Waals surface area contributed by atoms with Crippen LogP contribution in [0.2, 0.25) is 0 Å². The van der Waals surface area contributed by atoms with Crippen LogP contribution in [0.15, 0.2) is 40.5 Å². The maximum atomic E-state index is 12.8. The molecule has 5 nitrogen and oxygen atoms in total. The number of aryl methyl sites for hydroxylation is 1. The number of hydrogen-bond donors (Lipinski definition) is 0. The summed E-state index contributed by atoms with van der Waals surface area (Å²) in [5.74, 6) is 0.00977. The van der Waals surface area contributed by atoms with Gasteiger partial charge in [0.25, 0.3) is 0 Å². The smallest absolute Gasteiger partial charge is 0.307 e. The fourth-order valence-electron chi connectivity index (χ4n) is 3.00. The molecule has 1 atom stereocenters. The van der Waals surface area contributed by atoms with Crippen molar-refractivity contribution in [1.82, 2.24) is 14.4 Å². The second-order valence-corrected chi connectivity index (χ2v) is 6.83. The number of likely N-dealkylation sites (N-methyl/N-ethyl adjacent to an activating group) is 1. The number of carbonyl (C=O) groups excluding carboxylic acids is 1. The molecular formula is C17H21N3O2S. The van der Waals surface area contributed by atoms with Gasteiger partial charge >= 0.3 is 4.87 Å². The van der Waals surface area contributed by atoms with E-state index in [0.717, 1.165) is 35.7 Å². The second-order valence-electron chi connectivity index (χ2n) is 6.00. The van der Waals surface area contributed by atoms with Crippen LogP contribution in [0.4, 0.5) is 0 Å². The predicted octanol–water partition coefficient (Wildman–Crippen LogP) is 1.73. The highest BCUT2D eigenvalue weighted by atomic mass is 32.1. The molecule has 23 heavy (non-hydrogen) atoms. The Kier molecular flexibility index (Phi) is 4.63. The fourth-order valence-corrected chi connectivity index (χ4v) is 3.74. The first-order valence-corrected chi connectivity index (χ1v) is 8.62. The molecule has 2 aromatic rings. The minimum Gasteiger partial charge on any atom is -0.332 e. The zero-order chi connectivity index (χ0) is 16.4. The maximum Gasteiger partial charge on any atom is 0.307 e. The molecule has 0 spiro atoms. The third-order valence-electron chi connectivity index (χ3n) is 4.36. The molecule has 122 valence electrons. The largest absolute Gasteiger partial charge is 0.332 e. The van der Waals surface area contributed by atoms with E-state index >= 15 is 0 Å². The van der Waals surface area contributed by atoms with E-state index in [-0.39, 0.29) is 23.4 Å². The Labute approximate surface area is 139 Å². The highest BCUT2D eigenvalue weighted by Gasteiger charge is 2.30. The lowest BCUT2D eigenvalue weighted by Crippen LogP contribution is -2.50. The van der Waals surface area contributed by atoms with Crippen LogP contribution in [0.1, 0.15) is 17.3 Å². The first-order chi connectivity index (χ1) is 11.1. The van der Waals surface area contributed by atoms with Gasteiger partial charge in [-0.3, -0.25) is 14.2 Å². The molecule has 0 N–H and O–H groups in total. The van der Waals surface area contributed by atoms with Crippen molar-refractivity contribution >= 4 is 17.2 Å². The maximum absolute atomic E-state index is 12.8. The van der Waals surface area contributed by atoms with Crippen LogP contribution in [0.5, 0.6) is 0 Å². The predicted molar refractivity (Wildman–Crippen MR) is 91.7 cm³/mol. The number of carbonyl (C=O) groups is 1. The molecule has 1 saturated heterocycles. The van der Waals surface area contributed by atoms with E-state index < -0.39 is 0 Å². The summed E-state index contributed by atoms with van der Waals surface area (Å²) in [5, 5.41) is 1.80. The number of hydrogen-bond acceptors (Lipinski definition) is 4. The Bertz CT molecular complexity index is 738. The van der Waals surface area contributed by atoms with Crippen molar-refractivity contribution in [2.24, 2.45) is 0 Å². The summed E-state index contributed by atoms with van der Waals surface area (Å²) in [6.07, 6.45) is 0. The minimum atomic E-state index is -0.0683. The van der Waals surface area contributed by atoms with Gasteiger partial charge in [0.15, 0.2) is 0 Å². The van der Waals surface area contributed by atoms with Gasteiger partial charge in [-0.1, -0.05) is 41.7 Å². The average molecular weight is 331 g/mol. The summed E-state index contributed by atoms with van der Waals surface area (Å²) in [6.45, 7) is 4.34. The summed E-state index contributed by atoms with van der Waals surface area (Å²) in [4.78, 5) is 28.8. The molecule has 1 aliphatic heterocycles. The van der Waals surface area contributed by atoms with Crippen LogP contribution in [0.3, 0.4) is 0 Å². The molecule has 0 aliphatic carbocycles. The summed E-state index contributed by atoms with van der Waals surface area (Å²) in [5.41, 5.74) is 1.99. The van der Waals surface area contributed by atoms with Gasteiger partial charge in [0.2, 0.25) is 5.91 Å². The molecule has 1 amide bonds. The Hall–Kier alpha value is -1.92. The number of nitrogens with zero attached hydrogens (tertiary/aromatic N) is 3. The third-order valence-corrected chi connectivity index (χ3v) is 5.24. The molecule has 3 rings (SSSR count). The quantitative estimate of drug-likeness (QED) is 0.860. The number of thiazole rings is 1. The van der Waals surface area contributed by atoms with Crippen molar-refractivity contribution in [3.05, 3.63) is 56.6 Å². The van der Waals surface area contributed by atoms with E-state index in [1.165, 1.54) is 0 Å². The summed E-state index contributed by atoms with van der Waals surface area (Å²) < 4.78 is 1.56. The van der Waals surface area contributed by atoms with Crippen LogP contribution in [-0.2, 0) is 11.3 Å². The van der Waals surface area contributed by atoms with Gasteiger partial charge in [0.1, 0.15) is 6.54 Å². The zero-order valence-electron chi connectivity index (χ0n) is 13.4. The number of aromatic nitrogens is 1. The Morgan fingerprint density at radius 3 is 2.65 bits per heavy atom. The number of amides is 1. The van der Waals surface area contributed by atoms with Crippen molar-refractivity contribution in [1.29, 1.82) is 0 Å². The highest BCUT2D eigenvalue weighted by molar-refractivity contribution is 7.07. The monoisotopic (exact) mass is 331 g/mol. The van der Waals surface area contributed by atoms with Gasteiger partial charge in [-0.25, -0.2) is 0 Å².